The molecule has 5 nitrogen and oxygen atoms in total. The first kappa shape index (κ1) is 17.8. The van der Waals surface area contributed by atoms with Crippen molar-refractivity contribution in [1.82, 2.24) is 9.97 Å². The first-order valence-corrected chi connectivity index (χ1v) is 7.81. The van der Waals surface area contributed by atoms with Crippen LogP contribution in [0.3, 0.4) is 0 Å². The maximum absolute atomic E-state index is 14.2. The first-order chi connectivity index (χ1) is 10.8. The monoisotopic (exact) mass is 407 g/mol. The number of carbonyl (C=O) groups excluding carboxylic acids is 1. The molecule has 0 atom stereocenters. The van der Waals surface area contributed by atoms with E-state index in [-0.39, 0.29) is 38.6 Å². The summed E-state index contributed by atoms with van der Waals surface area (Å²) in [6.45, 7) is 0.399. The summed E-state index contributed by atoms with van der Waals surface area (Å²) in [7, 11) is 2.97. The Hall–Kier alpha value is -1.54. The molecule has 1 aromatic carbocycles. The van der Waals surface area contributed by atoms with Gasteiger partial charge in [-0.25, -0.2) is 4.39 Å². The fraction of sp³-hybridized carbons (Fsp3) is 0.357. The minimum absolute atomic E-state index is 0.0176. The zero-order valence-corrected chi connectivity index (χ0v) is 14.7. The minimum atomic E-state index is -1.04. The molecule has 0 saturated heterocycles. The van der Waals surface area contributed by atoms with E-state index in [0.29, 0.717) is 13.0 Å². The normalized spacial score (nSPS) is 10.9. The predicted molar refractivity (Wildman–Crippen MR) is 86.7 cm³/mol. The number of aromatic nitrogens is 2. The molecule has 0 bridgehead atoms. The lowest BCUT2D eigenvalue weighted by Gasteiger charge is -2.20. The molecule has 0 fully saturated rings. The van der Waals surface area contributed by atoms with E-state index in [2.05, 4.69) is 30.6 Å². The fourth-order valence-corrected chi connectivity index (χ4v) is 2.58. The van der Waals surface area contributed by atoms with Crippen LogP contribution in [-0.4, -0.2) is 36.6 Å². The van der Waals surface area contributed by atoms with Crippen molar-refractivity contribution in [2.75, 3.05) is 25.6 Å². The number of esters is 1. The molecule has 2 rings (SSSR count). The van der Waals surface area contributed by atoms with E-state index in [1.807, 2.05) is 0 Å². The molecule has 0 N–H and O–H groups in total. The smallest absolute Gasteiger partial charge is 0.311 e. The van der Waals surface area contributed by atoms with Crippen LogP contribution in [0.2, 0.25) is 5.02 Å². The summed E-state index contributed by atoms with van der Waals surface area (Å²) in [4.78, 5) is 20.0. The van der Waals surface area contributed by atoms with Crippen LogP contribution in [0.5, 0.6) is 0 Å². The van der Waals surface area contributed by atoms with Crippen LogP contribution < -0.4 is 4.90 Å². The molecule has 0 unspecified atom stereocenters. The Morgan fingerprint density at radius 2 is 2.13 bits per heavy atom. The molecule has 2 aromatic rings. The predicted octanol–water partition coefficient (Wildman–Crippen LogP) is 3.71. The van der Waals surface area contributed by atoms with Gasteiger partial charge < -0.3 is 9.64 Å². The topological polar surface area (TPSA) is 55.3 Å². The van der Waals surface area contributed by atoms with Crippen LogP contribution in [0.15, 0.2) is 10.5 Å². The average Bonchev–Trinajstić information content (AvgIpc) is 2.52. The van der Waals surface area contributed by atoms with Crippen molar-refractivity contribution in [2.24, 2.45) is 0 Å². The third-order valence-electron chi connectivity index (χ3n) is 3.24. The van der Waals surface area contributed by atoms with Gasteiger partial charge in [-0.1, -0.05) is 11.6 Å². The molecule has 9 heteroatoms. The van der Waals surface area contributed by atoms with Gasteiger partial charge in [0.05, 0.1) is 16.6 Å². The van der Waals surface area contributed by atoms with E-state index in [0.717, 1.165) is 0 Å². The molecular weight excluding hydrogens is 396 g/mol. The molecule has 0 aliphatic rings. The Morgan fingerprint density at radius 3 is 2.78 bits per heavy atom. The van der Waals surface area contributed by atoms with Crippen LogP contribution >= 0.6 is 27.5 Å². The van der Waals surface area contributed by atoms with Gasteiger partial charge in [0.2, 0.25) is 0 Å². The van der Waals surface area contributed by atoms with Crippen LogP contribution in [0.25, 0.3) is 10.9 Å². The second kappa shape index (κ2) is 7.35. The van der Waals surface area contributed by atoms with Gasteiger partial charge in [0, 0.05) is 25.4 Å². The molecule has 1 aromatic heterocycles. The van der Waals surface area contributed by atoms with Crippen LogP contribution in [-0.2, 0) is 9.53 Å². The quantitative estimate of drug-likeness (QED) is 0.429. The second-order valence-corrected chi connectivity index (χ2v) is 6.00. The van der Waals surface area contributed by atoms with Crippen molar-refractivity contribution >= 4 is 50.2 Å². The lowest BCUT2D eigenvalue weighted by molar-refractivity contribution is -0.140. The van der Waals surface area contributed by atoms with E-state index in [4.69, 9.17) is 11.6 Å². The van der Waals surface area contributed by atoms with Crippen molar-refractivity contribution in [2.45, 2.75) is 12.8 Å². The summed E-state index contributed by atoms with van der Waals surface area (Å²) >= 11 is 8.96. The van der Waals surface area contributed by atoms with Crippen molar-refractivity contribution < 1.29 is 18.3 Å². The number of fused-ring (bicyclic) bond motifs is 1. The Morgan fingerprint density at radius 1 is 1.43 bits per heavy atom. The van der Waals surface area contributed by atoms with Gasteiger partial charge in [-0.2, -0.15) is 14.4 Å². The van der Waals surface area contributed by atoms with Gasteiger partial charge in [0.15, 0.2) is 5.82 Å². The zero-order valence-electron chi connectivity index (χ0n) is 12.4. The highest BCUT2D eigenvalue weighted by molar-refractivity contribution is 9.10. The van der Waals surface area contributed by atoms with Gasteiger partial charge >= 0.3 is 12.0 Å². The van der Waals surface area contributed by atoms with E-state index >= 15 is 0 Å². The Kier molecular flexibility index (Phi) is 5.69. The number of carbonyl (C=O) groups is 1. The molecular formula is C14H13BrClF2N3O2. The minimum Gasteiger partial charge on any atom is -0.469 e. The first-order valence-electron chi connectivity index (χ1n) is 6.63. The van der Waals surface area contributed by atoms with Crippen LogP contribution in [0, 0.1) is 11.9 Å². The summed E-state index contributed by atoms with van der Waals surface area (Å²) in [6.07, 6.45) is -0.351. The van der Waals surface area contributed by atoms with Crippen LogP contribution in [0.4, 0.5) is 14.6 Å². The summed E-state index contributed by atoms with van der Waals surface area (Å²) in [5.74, 6) is -0.890. The number of halogens is 4. The summed E-state index contributed by atoms with van der Waals surface area (Å²) < 4.78 is 32.4. The van der Waals surface area contributed by atoms with Crippen LogP contribution in [0.1, 0.15) is 12.8 Å². The highest BCUT2D eigenvalue weighted by Gasteiger charge is 2.19. The lowest BCUT2D eigenvalue weighted by Crippen LogP contribution is -2.22. The second-order valence-electron chi connectivity index (χ2n) is 4.80. The third-order valence-corrected chi connectivity index (χ3v) is 4.54. The molecule has 0 aliphatic heterocycles. The number of methoxy groups -OCH3 is 1. The summed E-state index contributed by atoms with van der Waals surface area (Å²) in [6, 6.07) is 1.47. The molecule has 0 aliphatic carbocycles. The number of benzene rings is 1. The molecule has 0 radical (unpaired) electrons. The summed E-state index contributed by atoms with van der Waals surface area (Å²) in [5, 5.41) is 0.423. The standard InChI is InChI=1S/C14H13BrClF2N3O2/c1-21(5-3-4-9(22)23-2)13-7-6-8(16)10(15)11(17)12(7)19-14(18)20-13/h6H,3-5H2,1-2H3. The Bertz CT molecular complexity index is 761. The maximum atomic E-state index is 14.2. The number of rotatable bonds is 5. The van der Waals surface area contributed by atoms with Crippen molar-refractivity contribution in [3.05, 3.63) is 27.5 Å². The SMILES string of the molecule is COC(=O)CCCN(C)c1nc(F)nc2c(F)c(Br)c(Cl)cc12. The van der Waals surface area contributed by atoms with E-state index < -0.39 is 11.9 Å². The summed E-state index contributed by atoms with van der Waals surface area (Å²) in [5.41, 5.74) is -0.163. The number of nitrogens with zero attached hydrogens (tertiary/aromatic N) is 3. The Labute approximate surface area is 144 Å². The number of anilines is 1. The average molecular weight is 409 g/mol. The molecule has 0 amide bonds. The highest BCUT2D eigenvalue weighted by atomic mass is 79.9. The third kappa shape index (κ3) is 3.87. The molecule has 23 heavy (non-hydrogen) atoms. The lowest BCUT2D eigenvalue weighted by atomic mass is 10.2. The van der Waals surface area contributed by atoms with Crippen molar-refractivity contribution in [1.29, 1.82) is 0 Å². The fourth-order valence-electron chi connectivity index (χ4n) is 2.09. The van der Waals surface area contributed by atoms with Gasteiger partial charge in [-0.3, -0.25) is 4.79 Å². The number of hydrogen-bond acceptors (Lipinski definition) is 5. The van der Waals surface area contributed by atoms with Crippen molar-refractivity contribution in [3.63, 3.8) is 0 Å². The van der Waals surface area contributed by atoms with Gasteiger partial charge in [-0.15, -0.1) is 0 Å². The molecule has 124 valence electrons. The Balaban J connectivity index is 2.38. The van der Waals surface area contributed by atoms with Gasteiger partial charge in [0.1, 0.15) is 11.3 Å². The molecule has 0 spiro atoms. The molecule has 0 saturated carbocycles. The van der Waals surface area contributed by atoms with Gasteiger partial charge in [0.25, 0.3) is 0 Å². The zero-order chi connectivity index (χ0) is 17.1. The van der Waals surface area contributed by atoms with E-state index in [1.54, 1.807) is 11.9 Å². The number of hydrogen-bond donors (Lipinski definition) is 0. The largest absolute Gasteiger partial charge is 0.469 e. The maximum Gasteiger partial charge on any atom is 0.311 e. The van der Waals surface area contributed by atoms with Gasteiger partial charge in [-0.05, 0) is 28.4 Å². The van der Waals surface area contributed by atoms with E-state index in [9.17, 15) is 13.6 Å². The van der Waals surface area contributed by atoms with Crippen molar-refractivity contribution in [3.8, 4) is 0 Å². The highest BCUT2D eigenvalue weighted by Crippen LogP contribution is 2.34. The van der Waals surface area contributed by atoms with E-state index in [1.165, 1.54) is 13.2 Å². The molecule has 1 heterocycles. The number of ether oxygens (including phenoxy) is 1.